The summed E-state index contributed by atoms with van der Waals surface area (Å²) in [6.45, 7) is 0. The lowest BCUT2D eigenvalue weighted by Gasteiger charge is -2.12. The van der Waals surface area contributed by atoms with Gasteiger partial charge in [0.25, 0.3) is 0 Å². The number of aromatic carboxylic acids is 1. The molecule has 0 saturated heterocycles. The second kappa shape index (κ2) is 4.90. The standard InChI is InChI=1S/C12H13ClO4S/c13-11-6-5-9(7-10(11)12(14)15)18(16,17)8-3-1-2-4-8/h5-8H,1-4H2,(H,14,15). The van der Waals surface area contributed by atoms with Gasteiger partial charge < -0.3 is 5.11 Å². The lowest BCUT2D eigenvalue weighted by molar-refractivity contribution is 0.0697. The van der Waals surface area contributed by atoms with Crippen LogP contribution in [-0.2, 0) is 9.84 Å². The van der Waals surface area contributed by atoms with Crippen molar-refractivity contribution >= 4 is 27.4 Å². The number of carboxylic acid groups (broad SMARTS) is 1. The van der Waals surface area contributed by atoms with Gasteiger partial charge in [-0.15, -0.1) is 0 Å². The first-order valence-corrected chi connectivity index (χ1v) is 7.62. The third kappa shape index (κ3) is 2.37. The molecule has 1 N–H and O–H groups in total. The van der Waals surface area contributed by atoms with Gasteiger partial charge in [0.2, 0.25) is 0 Å². The lowest BCUT2D eigenvalue weighted by atomic mass is 10.2. The second-order valence-corrected chi connectivity index (χ2v) is 7.03. The SMILES string of the molecule is O=C(O)c1cc(S(=O)(=O)C2CCCC2)ccc1Cl. The Balaban J connectivity index is 2.45. The molecule has 0 aromatic heterocycles. The van der Waals surface area contributed by atoms with Gasteiger partial charge in [-0.05, 0) is 31.0 Å². The number of carbonyl (C=O) groups is 1. The van der Waals surface area contributed by atoms with Crippen LogP contribution in [0, 0.1) is 0 Å². The van der Waals surface area contributed by atoms with Crippen LogP contribution in [0.25, 0.3) is 0 Å². The van der Waals surface area contributed by atoms with Crippen molar-refractivity contribution in [3.05, 3.63) is 28.8 Å². The van der Waals surface area contributed by atoms with Crippen LogP contribution < -0.4 is 0 Å². The maximum absolute atomic E-state index is 12.3. The molecule has 1 fully saturated rings. The Morgan fingerprint density at radius 2 is 1.89 bits per heavy atom. The molecule has 0 bridgehead atoms. The van der Waals surface area contributed by atoms with Crippen molar-refractivity contribution < 1.29 is 18.3 Å². The quantitative estimate of drug-likeness (QED) is 0.928. The number of sulfone groups is 1. The van der Waals surface area contributed by atoms with E-state index in [2.05, 4.69) is 0 Å². The topological polar surface area (TPSA) is 71.4 Å². The molecular formula is C12H13ClO4S. The monoisotopic (exact) mass is 288 g/mol. The van der Waals surface area contributed by atoms with E-state index < -0.39 is 15.8 Å². The smallest absolute Gasteiger partial charge is 0.337 e. The summed E-state index contributed by atoms with van der Waals surface area (Å²) in [4.78, 5) is 11.0. The van der Waals surface area contributed by atoms with Crippen molar-refractivity contribution in [1.29, 1.82) is 0 Å². The Morgan fingerprint density at radius 3 is 2.44 bits per heavy atom. The molecule has 0 aliphatic heterocycles. The fourth-order valence-corrected chi connectivity index (χ4v) is 4.31. The molecule has 0 heterocycles. The van der Waals surface area contributed by atoms with E-state index in [-0.39, 0.29) is 20.7 Å². The molecule has 1 aliphatic rings. The van der Waals surface area contributed by atoms with Gasteiger partial charge in [0.05, 0.1) is 20.7 Å². The highest BCUT2D eigenvalue weighted by Gasteiger charge is 2.30. The highest BCUT2D eigenvalue weighted by molar-refractivity contribution is 7.92. The normalized spacial score (nSPS) is 16.9. The predicted octanol–water partition coefficient (Wildman–Crippen LogP) is 2.75. The number of halogens is 1. The van der Waals surface area contributed by atoms with Gasteiger partial charge in [-0.25, -0.2) is 13.2 Å². The molecule has 4 nitrogen and oxygen atoms in total. The van der Waals surface area contributed by atoms with Crippen LogP contribution in [0.2, 0.25) is 5.02 Å². The van der Waals surface area contributed by atoms with Gasteiger partial charge in [0, 0.05) is 0 Å². The molecule has 98 valence electrons. The van der Waals surface area contributed by atoms with Gasteiger partial charge in [0.15, 0.2) is 9.84 Å². The minimum atomic E-state index is -3.43. The van der Waals surface area contributed by atoms with E-state index in [0.717, 1.165) is 18.9 Å². The third-order valence-electron chi connectivity index (χ3n) is 3.24. The average Bonchev–Trinajstić information content (AvgIpc) is 2.82. The van der Waals surface area contributed by atoms with E-state index in [0.29, 0.717) is 12.8 Å². The third-order valence-corrected chi connectivity index (χ3v) is 5.83. The molecule has 1 saturated carbocycles. The highest BCUT2D eigenvalue weighted by Crippen LogP contribution is 2.31. The maximum atomic E-state index is 12.3. The summed E-state index contributed by atoms with van der Waals surface area (Å²) < 4.78 is 24.6. The number of benzene rings is 1. The lowest BCUT2D eigenvalue weighted by Crippen LogP contribution is -2.18. The molecule has 0 amide bonds. The van der Waals surface area contributed by atoms with Crippen molar-refractivity contribution in [1.82, 2.24) is 0 Å². The highest BCUT2D eigenvalue weighted by atomic mass is 35.5. The summed E-state index contributed by atoms with van der Waals surface area (Å²) in [6.07, 6.45) is 3.10. The molecule has 1 aromatic carbocycles. The molecule has 2 rings (SSSR count). The minimum absolute atomic E-state index is 0.0490. The summed E-state index contributed by atoms with van der Waals surface area (Å²) in [6, 6.07) is 3.85. The van der Waals surface area contributed by atoms with Gasteiger partial charge in [0.1, 0.15) is 0 Å². The summed E-state index contributed by atoms with van der Waals surface area (Å²) in [5.74, 6) is -1.22. The van der Waals surface area contributed by atoms with Crippen LogP contribution in [0.5, 0.6) is 0 Å². The van der Waals surface area contributed by atoms with E-state index in [1.807, 2.05) is 0 Å². The zero-order chi connectivity index (χ0) is 13.3. The summed E-state index contributed by atoms with van der Waals surface area (Å²) >= 11 is 5.73. The van der Waals surface area contributed by atoms with Gasteiger partial charge >= 0.3 is 5.97 Å². The van der Waals surface area contributed by atoms with Crippen LogP contribution in [0.4, 0.5) is 0 Å². The first-order chi connectivity index (χ1) is 8.43. The van der Waals surface area contributed by atoms with Crippen LogP contribution in [-0.4, -0.2) is 24.7 Å². The zero-order valence-corrected chi connectivity index (χ0v) is 11.2. The first kappa shape index (κ1) is 13.4. The van der Waals surface area contributed by atoms with Crippen molar-refractivity contribution in [2.75, 3.05) is 0 Å². The van der Waals surface area contributed by atoms with Crippen LogP contribution in [0.1, 0.15) is 36.0 Å². The van der Waals surface area contributed by atoms with Crippen LogP contribution in [0.3, 0.4) is 0 Å². The van der Waals surface area contributed by atoms with Crippen molar-refractivity contribution in [2.24, 2.45) is 0 Å². The maximum Gasteiger partial charge on any atom is 0.337 e. The Labute approximate surface area is 110 Å². The minimum Gasteiger partial charge on any atom is -0.478 e. The number of carboxylic acids is 1. The largest absolute Gasteiger partial charge is 0.478 e. The summed E-state index contributed by atoms with van der Waals surface area (Å²) in [5.41, 5.74) is -0.171. The Kier molecular flexibility index (Phi) is 3.64. The van der Waals surface area contributed by atoms with E-state index in [1.165, 1.54) is 12.1 Å². The molecule has 1 aliphatic carbocycles. The first-order valence-electron chi connectivity index (χ1n) is 5.69. The Morgan fingerprint density at radius 1 is 1.28 bits per heavy atom. The van der Waals surface area contributed by atoms with E-state index in [9.17, 15) is 13.2 Å². The predicted molar refractivity (Wildman–Crippen MR) is 67.9 cm³/mol. The molecule has 6 heteroatoms. The number of hydrogen-bond donors (Lipinski definition) is 1. The summed E-state index contributed by atoms with van der Waals surface area (Å²) in [7, 11) is -3.43. The van der Waals surface area contributed by atoms with Crippen molar-refractivity contribution in [2.45, 2.75) is 35.8 Å². The number of hydrogen-bond acceptors (Lipinski definition) is 3. The van der Waals surface area contributed by atoms with E-state index in [4.69, 9.17) is 16.7 Å². The molecule has 18 heavy (non-hydrogen) atoms. The molecule has 0 spiro atoms. The van der Waals surface area contributed by atoms with Crippen molar-refractivity contribution in [3.63, 3.8) is 0 Å². The van der Waals surface area contributed by atoms with Crippen LogP contribution in [0.15, 0.2) is 23.1 Å². The summed E-state index contributed by atoms with van der Waals surface area (Å²) in [5, 5.41) is 8.60. The number of rotatable bonds is 3. The Hall–Kier alpha value is -1.07. The second-order valence-electron chi connectivity index (χ2n) is 4.40. The molecule has 0 atom stereocenters. The molecule has 0 unspecified atom stereocenters. The van der Waals surface area contributed by atoms with E-state index in [1.54, 1.807) is 0 Å². The average molecular weight is 289 g/mol. The molecule has 1 aromatic rings. The zero-order valence-electron chi connectivity index (χ0n) is 9.60. The fourth-order valence-electron chi connectivity index (χ4n) is 2.24. The van der Waals surface area contributed by atoms with Gasteiger partial charge in [-0.2, -0.15) is 0 Å². The van der Waals surface area contributed by atoms with Gasteiger partial charge in [-0.3, -0.25) is 0 Å². The fraction of sp³-hybridized carbons (Fsp3) is 0.417. The molecular weight excluding hydrogens is 276 g/mol. The Bertz CT molecular complexity index is 574. The van der Waals surface area contributed by atoms with Gasteiger partial charge in [-0.1, -0.05) is 24.4 Å². The van der Waals surface area contributed by atoms with E-state index >= 15 is 0 Å². The molecule has 0 radical (unpaired) electrons. The van der Waals surface area contributed by atoms with Crippen LogP contribution >= 0.6 is 11.6 Å². The van der Waals surface area contributed by atoms with Crippen molar-refractivity contribution in [3.8, 4) is 0 Å².